The second kappa shape index (κ2) is 6.83. The summed E-state index contributed by atoms with van der Waals surface area (Å²) in [5, 5.41) is 6.09. The zero-order valence-electron chi connectivity index (χ0n) is 12.9. The van der Waals surface area contributed by atoms with Crippen LogP contribution in [-0.4, -0.2) is 18.5 Å². The van der Waals surface area contributed by atoms with E-state index in [9.17, 15) is 9.59 Å². The van der Waals surface area contributed by atoms with Crippen LogP contribution in [0.3, 0.4) is 0 Å². The molecule has 0 spiro atoms. The molecular weight excluding hydrogens is 394 g/mol. The van der Waals surface area contributed by atoms with Crippen LogP contribution in [0.15, 0.2) is 40.9 Å². The normalized spacial score (nSPS) is 12.7. The number of hydrogen-bond donors (Lipinski definition) is 2. The van der Waals surface area contributed by atoms with Gasteiger partial charge in [-0.15, -0.1) is 0 Å². The Morgan fingerprint density at radius 1 is 1.21 bits per heavy atom. The van der Waals surface area contributed by atoms with Crippen LogP contribution >= 0.6 is 27.5 Å². The predicted molar refractivity (Wildman–Crippen MR) is 100.0 cm³/mol. The third-order valence-electron chi connectivity index (χ3n) is 3.74. The first-order valence-corrected chi connectivity index (χ1v) is 8.55. The van der Waals surface area contributed by atoms with Crippen molar-refractivity contribution >= 4 is 56.5 Å². The third-order valence-corrected chi connectivity index (χ3v) is 4.43. The summed E-state index contributed by atoms with van der Waals surface area (Å²) in [4.78, 5) is 25.8. The van der Waals surface area contributed by atoms with Crippen LogP contribution in [0, 0.1) is 0 Å². The average Bonchev–Trinajstić information content (AvgIpc) is 2.91. The molecular formula is C17H15BrClN3O2. The Morgan fingerprint density at radius 3 is 2.71 bits per heavy atom. The molecule has 2 aromatic rings. The molecule has 5 nitrogen and oxygen atoms in total. The molecule has 0 saturated heterocycles. The number of benzene rings is 2. The van der Waals surface area contributed by atoms with E-state index in [1.165, 1.54) is 6.92 Å². The Hall–Kier alpha value is -2.05. The molecule has 0 saturated carbocycles. The highest BCUT2D eigenvalue weighted by Gasteiger charge is 2.26. The highest BCUT2D eigenvalue weighted by molar-refractivity contribution is 9.10. The molecule has 7 heteroatoms. The van der Waals surface area contributed by atoms with E-state index in [4.69, 9.17) is 11.6 Å². The highest BCUT2D eigenvalue weighted by Crippen LogP contribution is 2.38. The van der Waals surface area contributed by atoms with Gasteiger partial charge in [-0.3, -0.25) is 4.79 Å². The third kappa shape index (κ3) is 3.55. The topological polar surface area (TPSA) is 61.4 Å². The molecule has 2 N–H and O–H groups in total. The van der Waals surface area contributed by atoms with Gasteiger partial charge in [0.2, 0.25) is 5.91 Å². The Labute approximate surface area is 153 Å². The molecule has 0 unspecified atom stereocenters. The molecule has 0 aromatic heterocycles. The average molecular weight is 409 g/mol. The minimum atomic E-state index is -0.395. The van der Waals surface area contributed by atoms with Gasteiger partial charge in [-0.2, -0.15) is 0 Å². The van der Waals surface area contributed by atoms with Crippen LogP contribution in [0.25, 0.3) is 0 Å². The predicted octanol–water partition coefficient (Wildman–Crippen LogP) is 4.66. The van der Waals surface area contributed by atoms with Crippen LogP contribution in [-0.2, 0) is 11.2 Å². The zero-order valence-corrected chi connectivity index (χ0v) is 15.2. The molecule has 3 rings (SSSR count). The standard InChI is InChI=1S/C17H15BrClN3O2/c1-10(23)22-6-5-11-7-12(18)8-15(16(11)22)21-17(24)20-14-4-2-3-13(19)9-14/h2-4,7-9H,5-6H2,1H3,(H2,20,21,24). The van der Waals surface area contributed by atoms with Crippen LogP contribution in [0.2, 0.25) is 5.02 Å². The maximum Gasteiger partial charge on any atom is 0.323 e. The van der Waals surface area contributed by atoms with Crippen molar-refractivity contribution in [2.45, 2.75) is 13.3 Å². The van der Waals surface area contributed by atoms with Gasteiger partial charge in [0.15, 0.2) is 0 Å². The number of hydrogen-bond acceptors (Lipinski definition) is 2. The van der Waals surface area contributed by atoms with E-state index < -0.39 is 6.03 Å². The molecule has 0 bridgehead atoms. The quantitative estimate of drug-likeness (QED) is 0.759. The van der Waals surface area contributed by atoms with Crippen LogP contribution in [0.4, 0.5) is 21.9 Å². The first-order valence-electron chi connectivity index (χ1n) is 7.38. The Balaban J connectivity index is 1.85. The van der Waals surface area contributed by atoms with E-state index in [1.54, 1.807) is 35.2 Å². The van der Waals surface area contributed by atoms with Gasteiger partial charge in [-0.1, -0.05) is 33.6 Å². The van der Waals surface area contributed by atoms with E-state index in [0.717, 1.165) is 22.1 Å². The fourth-order valence-corrected chi connectivity index (χ4v) is 3.47. The lowest BCUT2D eigenvalue weighted by Gasteiger charge is -2.19. The number of carbonyl (C=O) groups is 2. The lowest BCUT2D eigenvalue weighted by atomic mass is 10.1. The number of amides is 3. The van der Waals surface area contributed by atoms with E-state index in [0.29, 0.717) is 22.9 Å². The van der Waals surface area contributed by atoms with Crippen molar-refractivity contribution in [2.75, 3.05) is 22.1 Å². The highest BCUT2D eigenvalue weighted by atomic mass is 79.9. The minimum Gasteiger partial charge on any atom is -0.310 e. The molecule has 0 atom stereocenters. The van der Waals surface area contributed by atoms with Crippen molar-refractivity contribution in [3.05, 3.63) is 51.5 Å². The molecule has 124 valence electrons. The Kier molecular flexibility index (Phi) is 4.78. The van der Waals surface area contributed by atoms with E-state index in [2.05, 4.69) is 26.6 Å². The maximum absolute atomic E-state index is 12.3. The smallest absolute Gasteiger partial charge is 0.310 e. The number of anilines is 3. The summed E-state index contributed by atoms with van der Waals surface area (Å²) in [6.07, 6.45) is 0.763. The van der Waals surface area contributed by atoms with Crippen molar-refractivity contribution in [3.8, 4) is 0 Å². The maximum atomic E-state index is 12.3. The van der Waals surface area contributed by atoms with Crippen LogP contribution in [0.1, 0.15) is 12.5 Å². The monoisotopic (exact) mass is 407 g/mol. The van der Waals surface area contributed by atoms with Crippen LogP contribution < -0.4 is 15.5 Å². The minimum absolute atomic E-state index is 0.0469. The molecule has 1 aliphatic heterocycles. The van der Waals surface area contributed by atoms with Gasteiger partial charge in [-0.25, -0.2) is 4.79 Å². The second-order valence-electron chi connectivity index (χ2n) is 5.47. The first-order chi connectivity index (χ1) is 11.4. The van der Waals surface area contributed by atoms with Gasteiger partial charge in [0.25, 0.3) is 0 Å². The molecule has 0 fully saturated rings. The lowest BCUT2D eigenvalue weighted by Crippen LogP contribution is -2.28. The summed E-state index contributed by atoms with van der Waals surface area (Å²) < 4.78 is 0.852. The summed E-state index contributed by atoms with van der Waals surface area (Å²) in [6, 6.07) is 10.3. The number of carbonyl (C=O) groups excluding carboxylic acids is 2. The van der Waals surface area contributed by atoms with Gasteiger partial charge in [0, 0.05) is 28.7 Å². The molecule has 0 aliphatic carbocycles. The van der Waals surface area contributed by atoms with Crippen molar-refractivity contribution in [3.63, 3.8) is 0 Å². The van der Waals surface area contributed by atoms with Gasteiger partial charge in [-0.05, 0) is 42.3 Å². The van der Waals surface area contributed by atoms with E-state index >= 15 is 0 Å². The second-order valence-corrected chi connectivity index (χ2v) is 6.82. The SMILES string of the molecule is CC(=O)N1CCc2cc(Br)cc(NC(=O)Nc3cccc(Cl)c3)c21. The summed E-state index contributed by atoms with van der Waals surface area (Å²) >= 11 is 9.36. The zero-order chi connectivity index (χ0) is 17.3. The van der Waals surface area contributed by atoms with E-state index in [-0.39, 0.29) is 5.91 Å². The molecule has 1 heterocycles. The van der Waals surface area contributed by atoms with Gasteiger partial charge >= 0.3 is 6.03 Å². The first kappa shape index (κ1) is 16.8. The fourth-order valence-electron chi connectivity index (χ4n) is 2.77. The Morgan fingerprint density at radius 2 is 2.00 bits per heavy atom. The van der Waals surface area contributed by atoms with Crippen molar-refractivity contribution < 1.29 is 9.59 Å². The fraction of sp³-hybridized carbons (Fsp3) is 0.176. The van der Waals surface area contributed by atoms with Crippen molar-refractivity contribution in [1.82, 2.24) is 0 Å². The van der Waals surface area contributed by atoms with Crippen molar-refractivity contribution in [2.24, 2.45) is 0 Å². The Bertz CT molecular complexity index is 825. The van der Waals surface area contributed by atoms with Gasteiger partial charge in [0.05, 0.1) is 11.4 Å². The molecule has 24 heavy (non-hydrogen) atoms. The van der Waals surface area contributed by atoms with Gasteiger partial charge < -0.3 is 15.5 Å². The summed E-state index contributed by atoms with van der Waals surface area (Å²) in [5.41, 5.74) is 2.96. The van der Waals surface area contributed by atoms with E-state index in [1.807, 2.05) is 6.07 Å². The summed E-state index contributed by atoms with van der Waals surface area (Å²) in [6.45, 7) is 2.14. The molecule has 0 radical (unpaired) electrons. The number of halogens is 2. The summed E-state index contributed by atoms with van der Waals surface area (Å²) in [5.74, 6) is -0.0469. The lowest BCUT2D eigenvalue weighted by molar-refractivity contribution is -0.116. The number of nitrogens with zero attached hydrogens (tertiary/aromatic N) is 1. The summed E-state index contributed by atoms with van der Waals surface area (Å²) in [7, 11) is 0. The molecule has 2 aromatic carbocycles. The van der Waals surface area contributed by atoms with Crippen LogP contribution in [0.5, 0.6) is 0 Å². The largest absolute Gasteiger partial charge is 0.323 e. The molecule has 3 amide bonds. The van der Waals surface area contributed by atoms with Gasteiger partial charge in [0.1, 0.15) is 0 Å². The number of urea groups is 1. The van der Waals surface area contributed by atoms with Crippen molar-refractivity contribution in [1.29, 1.82) is 0 Å². The number of nitrogens with one attached hydrogen (secondary N) is 2. The number of rotatable bonds is 2. The molecule has 1 aliphatic rings. The number of fused-ring (bicyclic) bond motifs is 1.